The normalized spacial score (nSPS) is 11.4. The van der Waals surface area contributed by atoms with Crippen molar-refractivity contribution >= 4 is 21.8 Å². The molecule has 0 aliphatic carbocycles. The molecule has 0 radical (unpaired) electrons. The van der Waals surface area contributed by atoms with Crippen LogP contribution in [0.1, 0.15) is 18.4 Å². The highest BCUT2D eigenvalue weighted by atomic mass is 32.2. The number of halogens is 1. The fourth-order valence-corrected chi connectivity index (χ4v) is 3.84. The summed E-state index contributed by atoms with van der Waals surface area (Å²) in [5.41, 5.74) is 1.77. The van der Waals surface area contributed by atoms with Crippen molar-refractivity contribution < 1.29 is 22.0 Å². The third-order valence-corrected chi connectivity index (χ3v) is 5.74. The van der Waals surface area contributed by atoms with Gasteiger partial charge < -0.3 is 4.42 Å². The molecule has 0 aliphatic rings. The Hall–Kier alpha value is -3.07. The van der Waals surface area contributed by atoms with E-state index in [1.54, 1.807) is 0 Å². The standard InChI is InChI=1S/C19H18FN3O4S/c1-13-4-2-5-14(12-13)18-22-23-19(27-18)21-17(24)6-3-11-28(25,26)16-9-7-15(20)8-10-16/h2,4-5,7-10,12H,3,6,11H2,1H3,(H,21,23,24). The van der Waals surface area contributed by atoms with Crippen molar-refractivity contribution in [2.75, 3.05) is 11.1 Å². The summed E-state index contributed by atoms with van der Waals surface area (Å²) in [6, 6.07) is 12.0. The van der Waals surface area contributed by atoms with Crippen LogP contribution in [-0.2, 0) is 14.6 Å². The summed E-state index contributed by atoms with van der Waals surface area (Å²) in [6.45, 7) is 1.93. The first-order chi connectivity index (χ1) is 13.3. The SMILES string of the molecule is Cc1cccc(-c2nnc(NC(=O)CCCS(=O)(=O)c3ccc(F)cc3)o2)c1. The van der Waals surface area contributed by atoms with Gasteiger partial charge in [0.2, 0.25) is 11.8 Å². The molecule has 1 N–H and O–H groups in total. The molecule has 146 valence electrons. The molecule has 0 bridgehead atoms. The van der Waals surface area contributed by atoms with E-state index in [9.17, 15) is 17.6 Å². The number of amides is 1. The number of carbonyl (C=O) groups excluding carboxylic acids is 1. The minimum atomic E-state index is -3.58. The third kappa shape index (κ3) is 5.01. The molecular weight excluding hydrogens is 385 g/mol. The van der Waals surface area contributed by atoms with Crippen molar-refractivity contribution in [3.63, 3.8) is 0 Å². The van der Waals surface area contributed by atoms with E-state index in [0.29, 0.717) is 0 Å². The highest BCUT2D eigenvalue weighted by molar-refractivity contribution is 7.91. The van der Waals surface area contributed by atoms with Gasteiger partial charge in [-0.15, -0.1) is 5.10 Å². The number of nitrogens with zero attached hydrogens (tertiary/aromatic N) is 2. The molecule has 3 rings (SSSR count). The van der Waals surface area contributed by atoms with Crippen LogP contribution >= 0.6 is 0 Å². The second-order valence-corrected chi connectivity index (χ2v) is 8.32. The summed E-state index contributed by atoms with van der Waals surface area (Å²) in [7, 11) is -3.58. The fourth-order valence-electron chi connectivity index (χ4n) is 2.53. The van der Waals surface area contributed by atoms with Gasteiger partial charge in [0.15, 0.2) is 9.84 Å². The lowest BCUT2D eigenvalue weighted by atomic mass is 10.1. The Morgan fingerprint density at radius 3 is 2.61 bits per heavy atom. The monoisotopic (exact) mass is 403 g/mol. The third-order valence-electron chi connectivity index (χ3n) is 3.93. The molecule has 1 amide bonds. The molecule has 0 spiro atoms. The summed E-state index contributed by atoms with van der Waals surface area (Å²) in [5.74, 6) is -0.903. The van der Waals surface area contributed by atoms with Crippen LogP contribution in [0.4, 0.5) is 10.4 Å². The molecule has 0 saturated carbocycles. The van der Waals surface area contributed by atoms with E-state index in [2.05, 4.69) is 15.5 Å². The minimum Gasteiger partial charge on any atom is -0.403 e. The predicted molar refractivity (Wildman–Crippen MR) is 101 cm³/mol. The van der Waals surface area contributed by atoms with E-state index in [1.807, 2.05) is 31.2 Å². The molecule has 0 unspecified atom stereocenters. The van der Waals surface area contributed by atoms with Crippen molar-refractivity contribution in [1.82, 2.24) is 10.2 Å². The van der Waals surface area contributed by atoms with E-state index in [1.165, 1.54) is 12.1 Å². The lowest BCUT2D eigenvalue weighted by molar-refractivity contribution is -0.116. The summed E-state index contributed by atoms with van der Waals surface area (Å²) in [5, 5.41) is 10.1. The molecular formula is C19H18FN3O4S. The van der Waals surface area contributed by atoms with Gasteiger partial charge in [-0.3, -0.25) is 10.1 Å². The Morgan fingerprint density at radius 1 is 1.14 bits per heavy atom. The second kappa shape index (κ2) is 8.30. The van der Waals surface area contributed by atoms with Crippen molar-refractivity contribution in [3.05, 3.63) is 59.9 Å². The Balaban J connectivity index is 1.53. The van der Waals surface area contributed by atoms with Crippen LogP contribution in [0.25, 0.3) is 11.5 Å². The molecule has 1 heterocycles. The van der Waals surface area contributed by atoms with Gasteiger partial charge in [0.25, 0.3) is 0 Å². The molecule has 1 aromatic heterocycles. The topological polar surface area (TPSA) is 102 Å². The Morgan fingerprint density at radius 2 is 1.89 bits per heavy atom. The molecule has 2 aromatic carbocycles. The lowest BCUT2D eigenvalue weighted by Gasteiger charge is -2.04. The average molecular weight is 403 g/mol. The van der Waals surface area contributed by atoms with Gasteiger partial charge in [-0.05, 0) is 49.7 Å². The highest BCUT2D eigenvalue weighted by Crippen LogP contribution is 2.21. The molecule has 0 aliphatic heterocycles. The summed E-state index contributed by atoms with van der Waals surface area (Å²) in [6.07, 6.45) is 0.0625. The Kier molecular flexibility index (Phi) is 5.84. The van der Waals surface area contributed by atoms with Crippen LogP contribution in [-0.4, -0.2) is 30.3 Å². The van der Waals surface area contributed by atoms with E-state index in [-0.39, 0.29) is 35.4 Å². The largest absolute Gasteiger partial charge is 0.403 e. The van der Waals surface area contributed by atoms with Crippen molar-refractivity contribution in [2.24, 2.45) is 0 Å². The minimum absolute atomic E-state index is 0.0222. The first-order valence-corrected chi connectivity index (χ1v) is 10.2. The lowest BCUT2D eigenvalue weighted by Crippen LogP contribution is -2.14. The van der Waals surface area contributed by atoms with Gasteiger partial charge in [-0.25, -0.2) is 12.8 Å². The van der Waals surface area contributed by atoms with E-state index in [4.69, 9.17) is 4.42 Å². The zero-order valence-electron chi connectivity index (χ0n) is 15.1. The average Bonchev–Trinajstić information content (AvgIpc) is 3.10. The molecule has 28 heavy (non-hydrogen) atoms. The van der Waals surface area contributed by atoms with Gasteiger partial charge in [0.1, 0.15) is 5.82 Å². The number of hydrogen-bond donors (Lipinski definition) is 1. The van der Waals surface area contributed by atoms with Gasteiger partial charge in [0.05, 0.1) is 10.6 Å². The van der Waals surface area contributed by atoms with Crippen LogP contribution in [0, 0.1) is 12.7 Å². The van der Waals surface area contributed by atoms with Crippen LogP contribution in [0.3, 0.4) is 0 Å². The van der Waals surface area contributed by atoms with Gasteiger partial charge in [-0.1, -0.05) is 22.8 Å². The number of hydrogen-bond acceptors (Lipinski definition) is 6. The van der Waals surface area contributed by atoms with Crippen LogP contribution in [0.5, 0.6) is 0 Å². The first kappa shape index (κ1) is 19.7. The zero-order chi connectivity index (χ0) is 20.1. The van der Waals surface area contributed by atoms with Gasteiger partial charge in [-0.2, -0.15) is 0 Å². The predicted octanol–water partition coefficient (Wildman–Crippen LogP) is 3.38. The maximum Gasteiger partial charge on any atom is 0.322 e. The molecule has 9 heteroatoms. The summed E-state index contributed by atoms with van der Waals surface area (Å²) < 4.78 is 42.7. The molecule has 7 nitrogen and oxygen atoms in total. The number of aryl methyl sites for hydroxylation is 1. The highest BCUT2D eigenvalue weighted by Gasteiger charge is 2.16. The zero-order valence-corrected chi connectivity index (χ0v) is 15.9. The van der Waals surface area contributed by atoms with Crippen LogP contribution < -0.4 is 5.32 Å². The smallest absolute Gasteiger partial charge is 0.322 e. The van der Waals surface area contributed by atoms with Crippen molar-refractivity contribution in [2.45, 2.75) is 24.7 Å². The molecule has 0 atom stereocenters. The number of aromatic nitrogens is 2. The summed E-state index contributed by atoms with van der Waals surface area (Å²) in [4.78, 5) is 12.0. The number of rotatable bonds is 7. The Bertz CT molecular complexity index is 1080. The fraction of sp³-hybridized carbons (Fsp3) is 0.211. The van der Waals surface area contributed by atoms with Gasteiger partial charge >= 0.3 is 6.01 Å². The quantitative estimate of drug-likeness (QED) is 0.607. The van der Waals surface area contributed by atoms with Crippen LogP contribution in [0.2, 0.25) is 0 Å². The van der Waals surface area contributed by atoms with E-state index in [0.717, 1.165) is 23.3 Å². The number of sulfone groups is 1. The van der Waals surface area contributed by atoms with Crippen LogP contribution in [0.15, 0.2) is 57.8 Å². The van der Waals surface area contributed by atoms with Gasteiger partial charge in [0, 0.05) is 12.0 Å². The van der Waals surface area contributed by atoms with E-state index < -0.39 is 21.6 Å². The number of anilines is 1. The first-order valence-electron chi connectivity index (χ1n) is 8.52. The molecule has 0 fully saturated rings. The number of carbonyl (C=O) groups is 1. The van der Waals surface area contributed by atoms with E-state index >= 15 is 0 Å². The maximum absolute atomic E-state index is 12.9. The Labute approximate surface area is 161 Å². The number of benzene rings is 2. The van der Waals surface area contributed by atoms with Crippen molar-refractivity contribution in [3.8, 4) is 11.5 Å². The summed E-state index contributed by atoms with van der Waals surface area (Å²) >= 11 is 0. The molecule has 3 aromatic rings. The second-order valence-electron chi connectivity index (χ2n) is 6.21. The number of nitrogens with one attached hydrogen (secondary N) is 1. The van der Waals surface area contributed by atoms with Crippen molar-refractivity contribution in [1.29, 1.82) is 0 Å². The maximum atomic E-state index is 12.9. The molecule has 0 saturated heterocycles.